The highest BCUT2D eigenvalue weighted by atomic mass is 79.9. The molecular weight excluding hydrogens is 354 g/mol. The van der Waals surface area contributed by atoms with Crippen molar-refractivity contribution in [3.63, 3.8) is 0 Å². The number of fused-ring (bicyclic) bond motifs is 1. The van der Waals surface area contributed by atoms with Gasteiger partial charge >= 0.3 is 0 Å². The van der Waals surface area contributed by atoms with Crippen LogP contribution in [0.15, 0.2) is 41.0 Å². The van der Waals surface area contributed by atoms with Gasteiger partial charge in [0.1, 0.15) is 11.3 Å². The molecule has 0 saturated carbocycles. The molecule has 3 aromatic rings. The molecule has 4 nitrogen and oxygen atoms in total. The van der Waals surface area contributed by atoms with Crippen molar-refractivity contribution in [2.75, 3.05) is 5.32 Å². The van der Waals surface area contributed by atoms with Crippen molar-refractivity contribution in [1.29, 1.82) is 0 Å². The van der Waals surface area contributed by atoms with E-state index in [9.17, 15) is 4.79 Å². The van der Waals surface area contributed by atoms with Gasteiger partial charge in [-0.15, -0.1) is 0 Å². The van der Waals surface area contributed by atoms with Crippen LogP contribution in [0.5, 0.6) is 0 Å². The number of nitrogens with zero attached hydrogens (tertiary/aromatic N) is 2. The zero-order chi connectivity index (χ0) is 16.6. The van der Waals surface area contributed by atoms with Gasteiger partial charge in [-0.3, -0.25) is 9.20 Å². The molecule has 0 saturated heterocycles. The molecule has 0 atom stereocenters. The molecule has 1 N–H and O–H groups in total. The van der Waals surface area contributed by atoms with Gasteiger partial charge in [0.15, 0.2) is 0 Å². The van der Waals surface area contributed by atoms with Gasteiger partial charge in [-0.1, -0.05) is 13.0 Å². The number of anilines is 1. The van der Waals surface area contributed by atoms with Crippen LogP contribution in [0, 0.1) is 13.8 Å². The summed E-state index contributed by atoms with van der Waals surface area (Å²) in [6.45, 7) is 6.04. The Balaban J connectivity index is 2.03. The van der Waals surface area contributed by atoms with Crippen molar-refractivity contribution >= 4 is 33.2 Å². The normalized spacial score (nSPS) is 11.0. The lowest BCUT2D eigenvalue weighted by molar-refractivity contribution is 0.102. The number of pyridine rings is 1. The van der Waals surface area contributed by atoms with Crippen LogP contribution in [-0.4, -0.2) is 15.3 Å². The van der Waals surface area contributed by atoms with Crippen molar-refractivity contribution in [3.05, 3.63) is 63.5 Å². The quantitative estimate of drug-likeness (QED) is 0.734. The van der Waals surface area contributed by atoms with Crippen LogP contribution < -0.4 is 5.32 Å². The fourth-order valence-electron chi connectivity index (χ4n) is 2.59. The Morgan fingerprint density at radius 3 is 2.65 bits per heavy atom. The van der Waals surface area contributed by atoms with E-state index in [1.165, 1.54) is 0 Å². The molecule has 2 heterocycles. The Morgan fingerprint density at radius 1 is 1.22 bits per heavy atom. The molecule has 1 amide bonds. The highest BCUT2D eigenvalue weighted by Crippen LogP contribution is 2.25. The number of amides is 1. The molecule has 23 heavy (non-hydrogen) atoms. The first-order valence-corrected chi connectivity index (χ1v) is 8.34. The average Bonchev–Trinajstić information content (AvgIpc) is 2.87. The van der Waals surface area contributed by atoms with Crippen LogP contribution in [0.1, 0.15) is 34.2 Å². The molecule has 0 aliphatic carbocycles. The lowest BCUT2D eigenvalue weighted by atomic mass is 10.2. The van der Waals surface area contributed by atoms with Crippen LogP contribution >= 0.6 is 15.9 Å². The summed E-state index contributed by atoms with van der Waals surface area (Å²) in [4.78, 5) is 17.4. The molecule has 118 valence electrons. The fraction of sp³-hybridized carbons (Fsp3) is 0.222. The summed E-state index contributed by atoms with van der Waals surface area (Å²) in [7, 11) is 0. The number of halogens is 1. The number of nitrogens with one attached hydrogen (secondary N) is 1. The van der Waals surface area contributed by atoms with E-state index in [1.54, 1.807) is 0 Å². The SMILES string of the molecule is CCc1nc2cc(C)ccn2c1C(=O)Nc1ccc(C)cc1Br. The number of hydrogen-bond donors (Lipinski definition) is 1. The summed E-state index contributed by atoms with van der Waals surface area (Å²) in [5, 5.41) is 2.97. The van der Waals surface area contributed by atoms with Crippen molar-refractivity contribution < 1.29 is 4.79 Å². The van der Waals surface area contributed by atoms with Gasteiger partial charge in [-0.25, -0.2) is 4.98 Å². The number of benzene rings is 1. The molecule has 5 heteroatoms. The van der Waals surface area contributed by atoms with Crippen molar-refractivity contribution in [3.8, 4) is 0 Å². The van der Waals surface area contributed by atoms with E-state index < -0.39 is 0 Å². The van der Waals surface area contributed by atoms with Gasteiger partial charge in [0.2, 0.25) is 0 Å². The predicted molar refractivity (Wildman–Crippen MR) is 96.1 cm³/mol. The first kappa shape index (κ1) is 15.7. The Labute approximate surface area is 143 Å². The maximum atomic E-state index is 12.8. The van der Waals surface area contributed by atoms with Crippen LogP contribution in [0.4, 0.5) is 5.69 Å². The number of aryl methyl sites for hydroxylation is 3. The highest BCUT2D eigenvalue weighted by molar-refractivity contribution is 9.10. The zero-order valence-electron chi connectivity index (χ0n) is 13.4. The fourth-order valence-corrected chi connectivity index (χ4v) is 3.18. The standard InChI is InChI=1S/C18H18BrN3O/c1-4-14-17(22-8-7-12(3)10-16(22)20-14)18(23)21-15-6-5-11(2)9-13(15)19/h5-10H,4H2,1-3H3,(H,21,23). The molecule has 0 aliphatic heterocycles. The minimum atomic E-state index is -0.150. The highest BCUT2D eigenvalue weighted by Gasteiger charge is 2.19. The van der Waals surface area contributed by atoms with Crippen molar-refractivity contribution in [2.45, 2.75) is 27.2 Å². The smallest absolute Gasteiger partial charge is 0.274 e. The minimum Gasteiger partial charge on any atom is -0.320 e. The van der Waals surface area contributed by atoms with Gasteiger partial charge in [0.25, 0.3) is 5.91 Å². The van der Waals surface area contributed by atoms with Gasteiger partial charge in [-0.2, -0.15) is 0 Å². The first-order valence-electron chi connectivity index (χ1n) is 7.54. The maximum absolute atomic E-state index is 12.8. The monoisotopic (exact) mass is 371 g/mol. The summed E-state index contributed by atoms with van der Waals surface area (Å²) in [5.74, 6) is -0.150. The van der Waals surface area contributed by atoms with Gasteiger partial charge in [0, 0.05) is 10.7 Å². The van der Waals surface area contributed by atoms with Gasteiger partial charge in [0.05, 0.1) is 11.4 Å². The van der Waals surface area contributed by atoms with E-state index in [-0.39, 0.29) is 5.91 Å². The summed E-state index contributed by atoms with van der Waals surface area (Å²) in [5.41, 5.74) is 5.21. The zero-order valence-corrected chi connectivity index (χ0v) is 14.9. The van der Waals surface area contributed by atoms with E-state index in [1.807, 2.05) is 61.7 Å². The van der Waals surface area contributed by atoms with E-state index in [0.717, 1.165) is 32.6 Å². The Bertz CT molecular complexity index is 899. The van der Waals surface area contributed by atoms with Crippen LogP contribution in [-0.2, 0) is 6.42 Å². The molecule has 0 unspecified atom stereocenters. The molecule has 3 rings (SSSR count). The molecule has 1 aromatic carbocycles. The Hall–Kier alpha value is -2.14. The molecule has 0 fully saturated rings. The largest absolute Gasteiger partial charge is 0.320 e. The third-order valence-corrected chi connectivity index (χ3v) is 4.43. The summed E-state index contributed by atoms with van der Waals surface area (Å²) >= 11 is 3.50. The van der Waals surface area contributed by atoms with E-state index in [0.29, 0.717) is 12.1 Å². The second-order valence-corrected chi connectivity index (χ2v) is 6.48. The average molecular weight is 372 g/mol. The first-order chi connectivity index (χ1) is 11.0. The predicted octanol–water partition coefficient (Wildman–Crippen LogP) is 4.53. The Kier molecular flexibility index (Phi) is 4.22. The van der Waals surface area contributed by atoms with Crippen LogP contribution in [0.3, 0.4) is 0 Å². The van der Waals surface area contributed by atoms with Gasteiger partial charge < -0.3 is 5.32 Å². The number of hydrogen-bond acceptors (Lipinski definition) is 2. The second-order valence-electron chi connectivity index (χ2n) is 5.63. The summed E-state index contributed by atoms with van der Waals surface area (Å²) < 4.78 is 2.72. The van der Waals surface area contributed by atoms with Crippen molar-refractivity contribution in [2.24, 2.45) is 0 Å². The van der Waals surface area contributed by atoms with Gasteiger partial charge in [-0.05, 0) is 71.6 Å². The summed E-state index contributed by atoms with van der Waals surface area (Å²) in [6.07, 6.45) is 2.61. The second kappa shape index (κ2) is 6.16. The molecule has 0 bridgehead atoms. The lowest BCUT2D eigenvalue weighted by Crippen LogP contribution is -2.16. The topological polar surface area (TPSA) is 46.4 Å². The van der Waals surface area contributed by atoms with Crippen LogP contribution in [0.25, 0.3) is 5.65 Å². The number of carbonyl (C=O) groups excluding carboxylic acids is 1. The summed E-state index contributed by atoms with van der Waals surface area (Å²) in [6, 6.07) is 9.81. The Morgan fingerprint density at radius 2 is 1.96 bits per heavy atom. The number of imidazole rings is 1. The molecule has 0 radical (unpaired) electrons. The van der Waals surface area contributed by atoms with E-state index in [2.05, 4.69) is 26.2 Å². The third kappa shape index (κ3) is 3.01. The molecule has 0 spiro atoms. The van der Waals surface area contributed by atoms with Crippen molar-refractivity contribution in [1.82, 2.24) is 9.38 Å². The lowest BCUT2D eigenvalue weighted by Gasteiger charge is -2.09. The number of aromatic nitrogens is 2. The van der Waals surface area contributed by atoms with Crippen LogP contribution in [0.2, 0.25) is 0 Å². The molecule has 2 aromatic heterocycles. The number of rotatable bonds is 3. The maximum Gasteiger partial charge on any atom is 0.274 e. The minimum absolute atomic E-state index is 0.150. The third-order valence-electron chi connectivity index (χ3n) is 3.78. The molecule has 0 aliphatic rings. The van der Waals surface area contributed by atoms with E-state index >= 15 is 0 Å². The number of carbonyl (C=O) groups is 1. The van der Waals surface area contributed by atoms with E-state index in [4.69, 9.17) is 0 Å². The molecular formula is C18H18BrN3O.